The Morgan fingerprint density at radius 1 is 0.947 bits per heavy atom. The van der Waals surface area contributed by atoms with E-state index in [1.165, 1.54) is 7.11 Å². The molecule has 0 fully saturated rings. The van der Waals surface area contributed by atoms with Crippen LogP contribution in [0, 0.1) is 0 Å². The molecule has 0 aliphatic rings. The molecule has 0 aliphatic carbocycles. The summed E-state index contributed by atoms with van der Waals surface area (Å²) >= 11 is 0. The molecule has 0 aliphatic heterocycles. The van der Waals surface area contributed by atoms with Gasteiger partial charge in [-0.05, 0) is 24.3 Å². The van der Waals surface area contributed by atoms with Gasteiger partial charge in [0.15, 0.2) is 6.61 Å². The summed E-state index contributed by atoms with van der Waals surface area (Å²) < 4.78 is 15.4. The second-order valence-corrected chi connectivity index (χ2v) is 3.75. The summed E-state index contributed by atoms with van der Waals surface area (Å²) in [5, 5.41) is 0. The van der Waals surface area contributed by atoms with Crippen molar-refractivity contribution in [1.29, 1.82) is 0 Å². The highest BCUT2D eigenvalue weighted by Gasteiger charge is 2.03. The lowest BCUT2D eigenvalue weighted by atomic mass is 10.3. The van der Waals surface area contributed by atoms with E-state index in [0.29, 0.717) is 11.5 Å². The molecule has 0 radical (unpaired) electrons. The van der Waals surface area contributed by atoms with Gasteiger partial charge in [0.25, 0.3) is 0 Å². The molecule has 4 heteroatoms. The fraction of sp³-hybridized carbons (Fsp3) is 0.133. The zero-order valence-corrected chi connectivity index (χ0v) is 10.5. The number of para-hydroxylation sites is 1. The van der Waals surface area contributed by atoms with Gasteiger partial charge in [-0.2, -0.15) is 0 Å². The standard InChI is InChI=1S/C15H14O4/c1-17-15(16)11-18-13-8-5-9-14(10-13)19-12-6-3-2-4-7-12/h2-10H,11H2,1H3. The monoisotopic (exact) mass is 258 g/mol. The molecule has 2 aromatic rings. The number of hydrogen-bond donors (Lipinski definition) is 0. The third kappa shape index (κ3) is 4.03. The Labute approximate surface area is 111 Å². The van der Waals surface area contributed by atoms with E-state index in [1.807, 2.05) is 36.4 Å². The number of carbonyl (C=O) groups excluding carboxylic acids is 1. The van der Waals surface area contributed by atoms with Gasteiger partial charge in [0.1, 0.15) is 17.2 Å². The highest BCUT2D eigenvalue weighted by molar-refractivity contribution is 5.70. The number of ether oxygens (including phenoxy) is 3. The quantitative estimate of drug-likeness (QED) is 0.773. The predicted molar refractivity (Wildman–Crippen MR) is 70.5 cm³/mol. The van der Waals surface area contributed by atoms with Crippen LogP contribution in [-0.4, -0.2) is 19.7 Å². The zero-order valence-electron chi connectivity index (χ0n) is 10.5. The van der Waals surface area contributed by atoms with E-state index in [9.17, 15) is 4.79 Å². The summed E-state index contributed by atoms with van der Waals surface area (Å²) in [4.78, 5) is 11.0. The minimum absolute atomic E-state index is 0.120. The topological polar surface area (TPSA) is 44.8 Å². The predicted octanol–water partition coefficient (Wildman–Crippen LogP) is 3.03. The van der Waals surface area contributed by atoms with Crippen molar-refractivity contribution in [2.45, 2.75) is 0 Å². The first-order valence-electron chi connectivity index (χ1n) is 5.80. The van der Waals surface area contributed by atoms with Gasteiger partial charge < -0.3 is 14.2 Å². The summed E-state index contributed by atoms with van der Waals surface area (Å²) in [7, 11) is 1.32. The summed E-state index contributed by atoms with van der Waals surface area (Å²) in [6.45, 7) is -0.120. The summed E-state index contributed by atoms with van der Waals surface area (Å²) in [6.07, 6.45) is 0. The van der Waals surface area contributed by atoms with E-state index >= 15 is 0 Å². The Kier molecular flexibility index (Phi) is 4.39. The molecule has 4 nitrogen and oxygen atoms in total. The second-order valence-electron chi connectivity index (χ2n) is 3.75. The minimum atomic E-state index is -0.422. The number of methoxy groups -OCH3 is 1. The van der Waals surface area contributed by atoms with Crippen LogP contribution in [0.3, 0.4) is 0 Å². The van der Waals surface area contributed by atoms with E-state index in [-0.39, 0.29) is 6.61 Å². The minimum Gasteiger partial charge on any atom is -0.482 e. The van der Waals surface area contributed by atoms with Crippen molar-refractivity contribution >= 4 is 5.97 Å². The van der Waals surface area contributed by atoms with Gasteiger partial charge in [-0.1, -0.05) is 24.3 Å². The van der Waals surface area contributed by atoms with Gasteiger partial charge in [0, 0.05) is 6.07 Å². The maximum atomic E-state index is 11.0. The summed E-state index contributed by atoms with van der Waals surface area (Å²) in [5.74, 6) is 1.52. The Bertz CT molecular complexity index is 537. The Morgan fingerprint density at radius 2 is 1.63 bits per heavy atom. The van der Waals surface area contributed by atoms with E-state index in [0.717, 1.165) is 5.75 Å². The van der Waals surface area contributed by atoms with Crippen LogP contribution >= 0.6 is 0 Å². The normalized spacial score (nSPS) is 9.74. The lowest BCUT2D eigenvalue weighted by Crippen LogP contribution is -2.12. The average Bonchev–Trinajstić information content (AvgIpc) is 2.46. The van der Waals surface area contributed by atoms with Crippen LogP contribution in [0.5, 0.6) is 17.2 Å². The van der Waals surface area contributed by atoms with Crippen LogP contribution in [0.2, 0.25) is 0 Å². The molecule has 0 aromatic heterocycles. The Hall–Kier alpha value is -2.49. The molecule has 0 spiro atoms. The van der Waals surface area contributed by atoms with Crippen molar-refractivity contribution in [3.63, 3.8) is 0 Å². The number of carbonyl (C=O) groups is 1. The van der Waals surface area contributed by atoms with E-state index in [4.69, 9.17) is 9.47 Å². The molecule has 98 valence electrons. The first-order chi connectivity index (χ1) is 9.28. The van der Waals surface area contributed by atoms with E-state index in [2.05, 4.69) is 4.74 Å². The number of hydrogen-bond acceptors (Lipinski definition) is 4. The van der Waals surface area contributed by atoms with Crippen molar-refractivity contribution in [2.75, 3.05) is 13.7 Å². The SMILES string of the molecule is COC(=O)COc1cccc(Oc2ccccc2)c1. The fourth-order valence-electron chi connectivity index (χ4n) is 1.45. The van der Waals surface area contributed by atoms with Crippen LogP contribution in [-0.2, 0) is 9.53 Å². The van der Waals surface area contributed by atoms with Crippen molar-refractivity contribution < 1.29 is 19.0 Å². The molecule has 2 rings (SSSR count). The van der Waals surface area contributed by atoms with Crippen molar-refractivity contribution in [3.8, 4) is 17.2 Å². The van der Waals surface area contributed by atoms with Crippen molar-refractivity contribution in [2.24, 2.45) is 0 Å². The van der Waals surface area contributed by atoms with E-state index in [1.54, 1.807) is 18.2 Å². The number of benzene rings is 2. The molecule has 0 bridgehead atoms. The third-order valence-corrected chi connectivity index (χ3v) is 2.37. The highest BCUT2D eigenvalue weighted by Crippen LogP contribution is 2.24. The van der Waals surface area contributed by atoms with Crippen molar-refractivity contribution in [3.05, 3.63) is 54.6 Å². The molecule has 2 aromatic carbocycles. The number of esters is 1. The van der Waals surface area contributed by atoms with Gasteiger partial charge in [-0.15, -0.1) is 0 Å². The number of rotatable bonds is 5. The Balaban J connectivity index is 2.01. The van der Waals surface area contributed by atoms with Gasteiger partial charge in [-0.3, -0.25) is 0 Å². The highest BCUT2D eigenvalue weighted by atomic mass is 16.6. The third-order valence-electron chi connectivity index (χ3n) is 2.37. The van der Waals surface area contributed by atoms with Crippen LogP contribution < -0.4 is 9.47 Å². The lowest BCUT2D eigenvalue weighted by Gasteiger charge is -2.08. The van der Waals surface area contributed by atoms with Crippen molar-refractivity contribution in [1.82, 2.24) is 0 Å². The molecule has 0 saturated heterocycles. The van der Waals surface area contributed by atoms with Gasteiger partial charge in [0.2, 0.25) is 0 Å². The smallest absolute Gasteiger partial charge is 0.343 e. The fourth-order valence-corrected chi connectivity index (χ4v) is 1.45. The van der Waals surface area contributed by atoms with Crippen LogP contribution in [0.25, 0.3) is 0 Å². The van der Waals surface area contributed by atoms with Gasteiger partial charge >= 0.3 is 5.97 Å². The molecule has 0 heterocycles. The molecule has 0 saturated carbocycles. The first-order valence-corrected chi connectivity index (χ1v) is 5.80. The summed E-state index contributed by atoms with van der Waals surface area (Å²) in [6, 6.07) is 16.5. The van der Waals surface area contributed by atoms with E-state index < -0.39 is 5.97 Å². The first kappa shape index (κ1) is 13.0. The van der Waals surface area contributed by atoms with Crippen LogP contribution in [0.15, 0.2) is 54.6 Å². The molecule has 19 heavy (non-hydrogen) atoms. The zero-order chi connectivity index (χ0) is 13.5. The molecule has 0 unspecified atom stereocenters. The van der Waals surface area contributed by atoms with Gasteiger partial charge in [-0.25, -0.2) is 4.79 Å². The molecule has 0 atom stereocenters. The largest absolute Gasteiger partial charge is 0.482 e. The lowest BCUT2D eigenvalue weighted by molar-refractivity contribution is -0.142. The maximum absolute atomic E-state index is 11.0. The Morgan fingerprint density at radius 3 is 2.37 bits per heavy atom. The molecule has 0 amide bonds. The van der Waals surface area contributed by atoms with Gasteiger partial charge in [0.05, 0.1) is 7.11 Å². The van der Waals surface area contributed by atoms with Crippen LogP contribution in [0.1, 0.15) is 0 Å². The van der Waals surface area contributed by atoms with Crippen LogP contribution in [0.4, 0.5) is 0 Å². The second kappa shape index (κ2) is 6.44. The molecular weight excluding hydrogens is 244 g/mol. The average molecular weight is 258 g/mol. The molecular formula is C15H14O4. The maximum Gasteiger partial charge on any atom is 0.343 e. The molecule has 0 N–H and O–H groups in total. The summed E-state index contributed by atoms with van der Waals surface area (Å²) in [5.41, 5.74) is 0.